The molecule has 1 heterocycles. The first-order valence-corrected chi connectivity index (χ1v) is 6.39. The van der Waals surface area contributed by atoms with Crippen LogP contribution in [0.4, 0.5) is 0 Å². The SMILES string of the molecule is CCC1(CNC(C)c2cccnc2)CCC1. The number of nitrogens with zero attached hydrogens (tertiary/aromatic N) is 1. The smallest absolute Gasteiger partial charge is 0.0315 e. The summed E-state index contributed by atoms with van der Waals surface area (Å²) in [7, 11) is 0. The molecule has 1 aliphatic carbocycles. The molecule has 1 aromatic rings. The van der Waals surface area contributed by atoms with Gasteiger partial charge in [-0.3, -0.25) is 4.98 Å². The van der Waals surface area contributed by atoms with Crippen molar-refractivity contribution in [3.8, 4) is 0 Å². The average Bonchev–Trinajstić information content (AvgIpc) is 2.29. The van der Waals surface area contributed by atoms with Gasteiger partial charge < -0.3 is 5.32 Å². The van der Waals surface area contributed by atoms with Crippen LogP contribution < -0.4 is 5.32 Å². The van der Waals surface area contributed by atoms with E-state index in [-0.39, 0.29) is 0 Å². The Morgan fingerprint density at radius 1 is 1.50 bits per heavy atom. The van der Waals surface area contributed by atoms with Crippen molar-refractivity contribution in [2.45, 2.75) is 45.6 Å². The van der Waals surface area contributed by atoms with Crippen molar-refractivity contribution < 1.29 is 0 Å². The molecule has 1 aromatic heterocycles. The zero-order chi connectivity index (χ0) is 11.4. The van der Waals surface area contributed by atoms with Crippen molar-refractivity contribution in [1.29, 1.82) is 0 Å². The van der Waals surface area contributed by atoms with Crippen LogP contribution in [0.15, 0.2) is 24.5 Å². The molecule has 1 saturated carbocycles. The van der Waals surface area contributed by atoms with Crippen LogP contribution in [0.1, 0.15) is 51.1 Å². The van der Waals surface area contributed by atoms with Gasteiger partial charge in [-0.25, -0.2) is 0 Å². The Hall–Kier alpha value is -0.890. The van der Waals surface area contributed by atoms with E-state index in [2.05, 4.69) is 30.2 Å². The summed E-state index contributed by atoms with van der Waals surface area (Å²) in [5, 5.41) is 3.65. The van der Waals surface area contributed by atoms with Crippen LogP contribution in [0.3, 0.4) is 0 Å². The highest BCUT2D eigenvalue weighted by Gasteiger charge is 2.34. The van der Waals surface area contributed by atoms with Crippen molar-refractivity contribution in [1.82, 2.24) is 10.3 Å². The largest absolute Gasteiger partial charge is 0.310 e. The van der Waals surface area contributed by atoms with Gasteiger partial charge in [0.15, 0.2) is 0 Å². The highest BCUT2D eigenvalue weighted by molar-refractivity contribution is 5.12. The summed E-state index contributed by atoms with van der Waals surface area (Å²) >= 11 is 0. The van der Waals surface area contributed by atoms with Gasteiger partial charge in [-0.15, -0.1) is 0 Å². The lowest BCUT2D eigenvalue weighted by Crippen LogP contribution is -2.40. The van der Waals surface area contributed by atoms with Gasteiger partial charge in [0.1, 0.15) is 0 Å². The van der Waals surface area contributed by atoms with Gasteiger partial charge in [0, 0.05) is 25.0 Å². The van der Waals surface area contributed by atoms with E-state index >= 15 is 0 Å². The monoisotopic (exact) mass is 218 g/mol. The predicted octanol–water partition coefficient (Wildman–Crippen LogP) is 3.31. The van der Waals surface area contributed by atoms with E-state index in [9.17, 15) is 0 Å². The van der Waals surface area contributed by atoms with E-state index in [1.54, 1.807) is 0 Å². The number of hydrogen-bond donors (Lipinski definition) is 1. The second-order valence-electron chi connectivity index (χ2n) is 5.10. The van der Waals surface area contributed by atoms with E-state index < -0.39 is 0 Å². The molecule has 1 aliphatic rings. The summed E-state index contributed by atoms with van der Waals surface area (Å²) in [6.45, 7) is 5.69. The number of rotatable bonds is 5. The van der Waals surface area contributed by atoms with Gasteiger partial charge in [0.2, 0.25) is 0 Å². The summed E-state index contributed by atoms with van der Waals surface area (Å²) < 4.78 is 0. The minimum atomic E-state index is 0.415. The Bertz CT molecular complexity index is 311. The van der Waals surface area contributed by atoms with E-state index in [1.165, 1.54) is 31.2 Å². The zero-order valence-electron chi connectivity index (χ0n) is 10.4. The second-order valence-corrected chi connectivity index (χ2v) is 5.10. The lowest BCUT2D eigenvalue weighted by molar-refractivity contribution is 0.120. The third-order valence-electron chi connectivity index (χ3n) is 4.13. The number of nitrogens with one attached hydrogen (secondary N) is 1. The molecule has 2 nitrogen and oxygen atoms in total. The first kappa shape index (κ1) is 11.6. The third-order valence-corrected chi connectivity index (χ3v) is 4.13. The Morgan fingerprint density at radius 3 is 2.81 bits per heavy atom. The topological polar surface area (TPSA) is 24.9 Å². The minimum Gasteiger partial charge on any atom is -0.310 e. The van der Waals surface area contributed by atoms with Crippen molar-refractivity contribution in [2.24, 2.45) is 5.41 Å². The molecule has 88 valence electrons. The van der Waals surface area contributed by atoms with Crippen LogP contribution in [0.5, 0.6) is 0 Å². The fourth-order valence-electron chi connectivity index (χ4n) is 2.45. The van der Waals surface area contributed by atoms with Gasteiger partial charge in [0.25, 0.3) is 0 Å². The Labute approximate surface area is 98.5 Å². The maximum absolute atomic E-state index is 4.16. The molecule has 0 aromatic carbocycles. The van der Waals surface area contributed by atoms with E-state index in [0.717, 1.165) is 6.54 Å². The molecule has 1 atom stereocenters. The molecule has 0 radical (unpaired) electrons. The first-order chi connectivity index (χ1) is 7.76. The second kappa shape index (κ2) is 4.96. The molecule has 0 spiro atoms. The first-order valence-electron chi connectivity index (χ1n) is 6.39. The lowest BCUT2D eigenvalue weighted by atomic mass is 9.67. The zero-order valence-corrected chi connectivity index (χ0v) is 10.4. The molecule has 2 heteroatoms. The van der Waals surface area contributed by atoms with Gasteiger partial charge in [-0.2, -0.15) is 0 Å². The van der Waals surface area contributed by atoms with E-state index in [1.807, 2.05) is 18.5 Å². The molecular weight excluding hydrogens is 196 g/mol. The van der Waals surface area contributed by atoms with Gasteiger partial charge >= 0.3 is 0 Å². The molecule has 0 aliphatic heterocycles. The average molecular weight is 218 g/mol. The quantitative estimate of drug-likeness (QED) is 0.820. The summed E-state index contributed by atoms with van der Waals surface area (Å²) in [5.74, 6) is 0. The number of hydrogen-bond acceptors (Lipinski definition) is 2. The maximum atomic E-state index is 4.16. The molecule has 0 bridgehead atoms. The van der Waals surface area contributed by atoms with Crippen molar-refractivity contribution in [3.05, 3.63) is 30.1 Å². The van der Waals surface area contributed by atoms with Gasteiger partial charge in [0.05, 0.1) is 0 Å². The summed E-state index contributed by atoms with van der Waals surface area (Å²) in [5.41, 5.74) is 1.88. The number of aromatic nitrogens is 1. The predicted molar refractivity (Wildman–Crippen MR) is 67.2 cm³/mol. The van der Waals surface area contributed by atoms with Crippen LogP contribution in [0.25, 0.3) is 0 Å². The molecular formula is C14H22N2. The molecule has 1 N–H and O–H groups in total. The molecule has 16 heavy (non-hydrogen) atoms. The highest BCUT2D eigenvalue weighted by Crippen LogP contribution is 2.43. The van der Waals surface area contributed by atoms with Gasteiger partial charge in [-0.1, -0.05) is 19.4 Å². The Kier molecular flexibility index (Phi) is 3.59. The summed E-state index contributed by atoms with van der Waals surface area (Å²) in [4.78, 5) is 4.16. The van der Waals surface area contributed by atoms with Crippen molar-refractivity contribution >= 4 is 0 Å². The highest BCUT2D eigenvalue weighted by atomic mass is 14.9. The Morgan fingerprint density at radius 2 is 2.31 bits per heavy atom. The minimum absolute atomic E-state index is 0.415. The number of pyridine rings is 1. The van der Waals surface area contributed by atoms with Gasteiger partial charge in [-0.05, 0) is 43.2 Å². The van der Waals surface area contributed by atoms with Crippen LogP contribution in [0, 0.1) is 5.41 Å². The van der Waals surface area contributed by atoms with Crippen molar-refractivity contribution in [2.75, 3.05) is 6.54 Å². The van der Waals surface area contributed by atoms with Crippen LogP contribution >= 0.6 is 0 Å². The third kappa shape index (κ3) is 2.43. The van der Waals surface area contributed by atoms with E-state index in [4.69, 9.17) is 0 Å². The molecule has 0 amide bonds. The van der Waals surface area contributed by atoms with E-state index in [0.29, 0.717) is 11.5 Å². The fourth-order valence-corrected chi connectivity index (χ4v) is 2.45. The summed E-state index contributed by atoms with van der Waals surface area (Å²) in [6.07, 6.45) is 9.30. The van der Waals surface area contributed by atoms with Crippen molar-refractivity contribution in [3.63, 3.8) is 0 Å². The normalized spacial score (nSPS) is 20.1. The fraction of sp³-hybridized carbons (Fsp3) is 0.643. The standard InChI is InChI=1S/C14H22N2/c1-3-14(7-5-8-14)11-16-12(2)13-6-4-9-15-10-13/h4,6,9-10,12,16H,3,5,7-8,11H2,1-2H3. The molecule has 0 saturated heterocycles. The van der Waals surface area contributed by atoms with Crippen LogP contribution in [0.2, 0.25) is 0 Å². The maximum Gasteiger partial charge on any atom is 0.0315 e. The molecule has 1 unspecified atom stereocenters. The van der Waals surface area contributed by atoms with Crippen LogP contribution in [-0.4, -0.2) is 11.5 Å². The van der Waals surface area contributed by atoms with Crippen LogP contribution in [-0.2, 0) is 0 Å². The molecule has 2 rings (SSSR count). The lowest BCUT2D eigenvalue weighted by Gasteiger charge is -2.42. The Balaban J connectivity index is 1.86. The summed E-state index contributed by atoms with van der Waals surface area (Å²) in [6, 6.07) is 4.56. The molecule has 1 fully saturated rings.